The normalized spacial score (nSPS) is 25.9. The molecule has 4 heterocycles. The Labute approximate surface area is 188 Å². The van der Waals surface area contributed by atoms with Crippen LogP contribution in [0, 0.1) is 5.92 Å². The quantitative estimate of drug-likeness (QED) is 0.715. The van der Waals surface area contributed by atoms with Gasteiger partial charge < -0.3 is 24.3 Å². The minimum Gasteiger partial charge on any atom is -0.488 e. The zero-order valence-corrected chi connectivity index (χ0v) is 18.2. The minimum atomic E-state index is -0.378. The van der Waals surface area contributed by atoms with Gasteiger partial charge in [0.15, 0.2) is 6.29 Å². The van der Waals surface area contributed by atoms with E-state index >= 15 is 0 Å². The summed E-state index contributed by atoms with van der Waals surface area (Å²) in [6.45, 7) is 4.58. The van der Waals surface area contributed by atoms with Crippen molar-refractivity contribution in [1.29, 1.82) is 0 Å². The van der Waals surface area contributed by atoms with Crippen LogP contribution in [0.3, 0.4) is 0 Å². The summed E-state index contributed by atoms with van der Waals surface area (Å²) in [4.78, 5) is 15.3. The van der Waals surface area contributed by atoms with Gasteiger partial charge in [-0.05, 0) is 55.1 Å². The number of piperidine rings is 3. The van der Waals surface area contributed by atoms with E-state index in [2.05, 4.69) is 10.2 Å². The lowest BCUT2D eigenvalue weighted by Crippen LogP contribution is -2.52. The van der Waals surface area contributed by atoms with Gasteiger partial charge in [0.2, 0.25) is 0 Å². The SMILES string of the molecule is O=C(NC(c1ccccc1)c1cccc(OCC2OCCO2)c1)O[C@H]1CN2CCC1CC2. The molecule has 2 bridgehead atoms. The number of ether oxygens (including phenoxy) is 4. The predicted octanol–water partition coefficient (Wildman–Crippen LogP) is 3.35. The second kappa shape index (κ2) is 9.90. The lowest BCUT2D eigenvalue weighted by molar-refractivity contribution is -0.0684. The summed E-state index contributed by atoms with van der Waals surface area (Å²) >= 11 is 0. The Morgan fingerprint density at radius 1 is 1.03 bits per heavy atom. The number of amides is 1. The minimum absolute atomic E-state index is 0.0324. The van der Waals surface area contributed by atoms with Gasteiger partial charge in [-0.25, -0.2) is 4.79 Å². The van der Waals surface area contributed by atoms with E-state index in [9.17, 15) is 4.79 Å². The van der Waals surface area contributed by atoms with Gasteiger partial charge in [0.05, 0.1) is 19.3 Å². The Hall–Kier alpha value is -2.61. The molecule has 0 saturated carbocycles. The molecule has 0 aliphatic carbocycles. The average Bonchev–Trinajstić information content (AvgIpc) is 3.37. The van der Waals surface area contributed by atoms with Crippen molar-refractivity contribution >= 4 is 6.09 Å². The highest BCUT2D eigenvalue weighted by molar-refractivity contribution is 5.69. The number of hydrogen-bond acceptors (Lipinski definition) is 6. The molecule has 2 atom stereocenters. The first-order valence-electron chi connectivity index (χ1n) is 11.4. The fraction of sp³-hybridized carbons (Fsp3) is 0.480. The third-order valence-corrected chi connectivity index (χ3v) is 6.52. The number of benzene rings is 2. The Morgan fingerprint density at radius 2 is 1.78 bits per heavy atom. The van der Waals surface area contributed by atoms with Gasteiger partial charge in [0.1, 0.15) is 18.5 Å². The highest BCUT2D eigenvalue weighted by Crippen LogP contribution is 2.30. The molecule has 2 aromatic carbocycles. The summed E-state index contributed by atoms with van der Waals surface area (Å²) in [5, 5.41) is 3.10. The van der Waals surface area contributed by atoms with E-state index in [0.29, 0.717) is 31.5 Å². The number of alkyl carbamates (subject to hydrolysis) is 1. The van der Waals surface area contributed by atoms with Gasteiger partial charge in [-0.3, -0.25) is 4.90 Å². The van der Waals surface area contributed by atoms with Crippen LogP contribution < -0.4 is 10.1 Å². The van der Waals surface area contributed by atoms with Gasteiger partial charge in [0, 0.05) is 6.54 Å². The summed E-state index contributed by atoms with van der Waals surface area (Å²) in [6.07, 6.45) is 1.46. The van der Waals surface area contributed by atoms with Crippen molar-refractivity contribution in [2.45, 2.75) is 31.3 Å². The molecule has 7 heteroatoms. The van der Waals surface area contributed by atoms with Crippen molar-refractivity contribution < 1.29 is 23.7 Å². The van der Waals surface area contributed by atoms with Gasteiger partial charge in [0.25, 0.3) is 0 Å². The van der Waals surface area contributed by atoms with Crippen LogP contribution in [0.4, 0.5) is 4.79 Å². The van der Waals surface area contributed by atoms with Crippen molar-refractivity contribution in [3.05, 3.63) is 65.7 Å². The molecule has 1 unspecified atom stereocenters. The van der Waals surface area contributed by atoms with Crippen molar-refractivity contribution in [2.24, 2.45) is 5.92 Å². The van der Waals surface area contributed by atoms with E-state index in [1.54, 1.807) is 0 Å². The molecule has 7 nitrogen and oxygen atoms in total. The molecule has 32 heavy (non-hydrogen) atoms. The highest BCUT2D eigenvalue weighted by Gasteiger charge is 2.36. The van der Waals surface area contributed by atoms with E-state index in [1.807, 2.05) is 54.6 Å². The molecule has 6 rings (SSSR count). The predicted molar refractivity (Wildman–Crippen MR) is 118 cm³/mol. The molecule has 4 fully saturated rings. The van der Waals surface area contributed by atoms with Crippen molar-refractivity contribution in [1.82, 2.24) is 10.2 Å². The first-order valence-corrected chi connectivity index (χ1v) is 11.4. The molecule has 0 spiro atoms. The third kappa shape index (κ3) is 5.06. The molecule has 4 aliphatic heterocycles. The fourth-order valence-corrected chi connectivity index (χ4v) is 4.79. The topological polar surface area (TPSA) is 69.3 Å². The molecule has 1 N–H and O–H groups in total. The van der Waals surface area contributed by atoms with Crippen LogP contribution in [0.2, 0.25) is 0 Å². The Kier molecular flexibility index (Phi) is 6.57. The average molecular weight is 439 g/mol. The first kappa shape index (κ1) is 21.2. The zero-order valence-electron chi connectivity index (χ0n) is 18.2. The summed E-state index contributed by atoms with van der Waals surface area (Å²) < 4.78 is 22.7. The van der Waals surface area contributed by atoms with Crippen LogP contribution in [-0.2, 0) is 14.2 Å². The molecule has 2 aromatic rings. The smallest absolute Gasteiger partial charge is 0.408 e. The number of carbonyl (C=O) groups is 1. The number of nitrogens with one attached hydrogen (secondary N) is 1. The largest absolute Gasteiger partial charge is 0.488 e. The molecule has 4 saturated heterocycles. The van der Waals surface area contributed by atoms with Gasteiger partial charge in [-0.15, -0.1) is 0 Å². The van der Waals surface area contributed by atoms with Gasteiger partial charge in [-0.2, -0.15) is 0 Å². The molecular weight excluding hydrogens is 408 g/mol. The van der Waals surface area contributed by atoms with E-state index in [4.69, 9.17) is 18.9 Å². The maximum absolute atomic E-state index is 12.9. The summed E-state index contributed by atoms with van der Waals surface area (Å²) in [7, 11) is 0. The van der Waals surface area contributed by atoms with Crippen molar-refractivity contribution in [2.75, 3.05) is 39.5 Å². The number of fused-ring (bicyclic) bond motifs is 3. The van der Waals surface area contributed by atoms with Gasteiger partial charge in [-0.1, -0.05) is 42.5 Å². The number of rotatable bonds is 7. The maximum atomic E-state index is 12.9. The van der Waals surface area contributed by atoms with E-state index in [0.717, 1.165) is 43.6 Å². The highest BCUT2D eigenvalue weighted by atomic mass is 16.7. The molecule has 4 aliphatic rings. The lowest BCUT2D eigenvalue weighted by atomic mass is 9.86. The van der Waals surface area contributed by atoms with Crippen LogP contribution in [0.1, 0.15) is 30.0 Å². The van der Waals surface area contributed by atoms with E-state index < -0.39 is 0 Å². The van der Waals surface area contributed by atoms with E-state index in [-0.39, 0.29) is 24.5 Å². The van der Waals surface area contributed by atoms with E-state index in [1.165, 1.54) is 0 Å². The first-order chi connectivity index (χ1) is 15.7. The Bertz CT molecular complexity index is 894. The second-order valence-corrected chi connectivity index (χ2v) is 8.62. The summed E-state index contributed by atoms with van der Waals surface area (Å²) in [6, 6.07) is 17.3. The maximum Gasteiger partial charge on any atom is 0.408 e. The molecular formula is C25H30N2O5. The number of hydrogen-bond donors (Lipinski definition) is 1. The Morgan fingerprint density at radius 3 is 2.50 bits per heavy atom. The van der Waals surface area contributed by atoms with Crippen LogP contribution in [0.25, 0.3) is 0 Å². The third-order valence-electron chi connectivity index (χ3n) is 6.52. The van der Waals surface area contributed by atoms with Crippen LogP contribution in [0.15, 0.2) is 54.6 Å². The molecule has 170 valence electrons. The van der Waals surface area contributed by atoms with Gasteiger partial charge >= 0.3 is 6.09 Å². The monoisotopic (exact) mass is 438 g/mol. The molecule has 0 radical (unpaired) electrons. The van der Waals surface area contributed by atoms with Crippen LogP contribution >= 0.6 is 0 Å². The van der Waals surface area contributed by atoms with Crippen molar-refractivity contribution in [3.8, 4) is 5.75 Å². The second-order valence-electron chi connectivity index (χ2n) is 8.62. The molecule has 0 aromatic heterocycles. The lowest BCUT2D eigenvalue weighted by Gasteiger charge is -2.43. The Balaban J connectivity index is 1.29. The van der Waals surface area contributed by atoms with Crippen LogP contribution in [-0.4, -0.2) is 62.8 Å². The van der Waals surface area contributed by atoms with Crippen molar-refractivity contribution in [3.63, 3.8) is 0 Å². The number of nitrogens with zero attached hydrogens (tertiary/aromatic N) is 1. The fourth-order valence-electron chi connectivity index (χ4n) is 4.79. The molecule has 1 amide bonds. The summed E-state index contributed by atoms with van der Waals surface area (Å²) in [5.74, 6) is 1.17. The summed E-state index contributed by atoms with van der Waals surface area (Å²) in [5.41, 5.74) is 1.91. The van der Waals surface area contributed by atoms with Crippen LogP contribution in [0.5, 0.6) is 5.75 Å². The number of carbonyl (C=O) groups excluding carboxylic acids is 1. The zero-order chi connectivity index (χ0) is 21.8. The standard InChI is InChI=1S/C25H30N2O5/c28-25(32-22-16-27-11-9-18(22)10-12-27)26-24(19-5-2-1-3-6-19)20-7-4-8-21(15-20)31-17-23-29-13-14-30-23/h1-8,15,18,22-24H,9-14,16-17H2,(H,26,28)/t22-,24?/m0/s1.